The molecule has 0 aliphatic rings. The van der Waals surface area contributed by atoms with E-state index in [0.717, 1.165) is 11.1 Å². The number of carbonyl (C=O) groups is 1. The number of rotatable bonds is 28. The summed E-state index contributed by atoms with van der Waals surface area (Å²) in [6.07, 6.45) is 0.0424. The third kappa shape index (κ3) is 15.6. The molecule has 3 heterocycles. The average Bonchev–Trinajstić information content (AvgIpc) is 1.71. The number of fused-ring (bicyclic) bond motifs is 1. The Kier molecular flexibility index (Phi) is 21.2. The van der Waals surface area contributed by atoms with Crippen molar-refractivity contribution in [1.82, 2.24) is 15.0 Å². The summed E-state index contributed by atoms with van der Waals surface area (Å²) in [7, 11) is -2.07. The van der Waals surface area contributed by atoms with Gasteiger partial charge in [-0.15, -0.1) is 0 Å². The molecule has 0 unspecified atom stereocenters. The highest BCUT2D eigenvalue weighted by molar-refractivity contribution is 7.86. The fourth-order valence-electron chi connectivity index (χ4n) is 11.2. The van der Waals surface area contributed by atoms with Crippen LogP contribution in [0.15, 0.2) is 216 Å². The number of aromatic nitrogens is 3. The Morgan fingerprint density at radius 1 is 0.667 bits per heavy atom. The van der Waals surface area contributed by atoms with Crippen LogP contribution in [0.4, 0.5) is 4.39 Å². The highest BCUT2D eigenvalue weighted by atomic mass is 35.5. The second-order valence-electron chi connectivity index (χ2n) is 25.1. The summed E-state index contributed by atoms with van der Waals surface area (Å²) in [6.45, 7) is 13.4. The normalized spacial score (nSPS) is 12.6. The first-order chi connectivity index (χ1) is 47.5. The van der Waals surface area contributed by atoms with Crippen molar-refractivity contribution >= 4 is 47.0 Å². The van der Waals surface area contributed by atoms with Gasteiger partial charge in [0.1, 0.15) is 76.6 Å². The van der Waals surface area contributed by atoms with Crippen molar-refractivity contribution in [2.45, 2.75) is 88.5 Å². The summed E-state index contributed by atoms with van der Waals surface area (Å²) in [5.41, 5.74) is 5.30. The van der Waals surface area contributed by atoms with E-state index in [0.29, 0.717) is 84.8 Å². The van der Waals surface area contributed by atoms with Crippen LogP contribution in [0.25, 0.3) is 44.8 Å². The van der Waals surface area contributed by atoms with E-state index in [4.69, 9.17) is 62.8 Å². The number of para-hydroxylation sites is 1. The molecular formula is C78H75ClFN3O14SSi. The van der Waals surface area contributed by atoms with Crippen LogP contribution in [0.5, 0.6) is 40.4 Å². The summed E-state index contributed by atoms with van der Waals surface area (Å²) in [4.78, 5) is 27.7. The standard InChI is InChI=1S/C78H75ClFN3O14SSi/c1-49-20-35-62(36-21-49)98(86,87)93-48-61(47-92-78(53-16-12-11-13-17-53,54-24-30-58(88-6)31-25-54)55-26-32-59(89-7)33-27-55)94-68-39-37-63(50(2)72(68)79)70-71-67(95-73(70)51-22-28-56(80)29-23-51)41-43-82-75(71)96-69(76(84)85)45-52-44-60(97-99(9,10)77(3,4)5)34-38-65(52)91-46-57-40-42-81-74(83-57)64-18-14-15-19-66(64)90-8/h11-44,61,69H,45-48H2,1-10H3,(H,84,85)/t61-,69-/m1/s1. The first-order valence-corrected chi connectivity index (χ1v) is 36.6. The van der Waals surface area contributed by atoms with Crippen molar-refractivity contribution in [2.75, 3.05) is 34.5 Å². The molecule has 1 N–H and O–H groups in total. The molecular weight excluding hydrogens is 1320 g/mol. The van der Waals surface area contributed by atoms with Crippen molar-refractivity contribution < 1.29 is 68.9 Å². The number of benzene rings is 8. The van der Waals surface area contributed by atoms with Crippen LogP contribution in [0.2, 0.25) is 23.2 Å². The van der Waals surface area contributed by atoms with Gasteiger partial charge in [0, 0.05) is 41.6 Å². The zero-order chi connectivity index (χ0) is 70.2. The number of aryl methyl sites for hydroxylation is 1. The van der Waals surface area contributed by atoms with Gasteiger partial charge in [-0.2, -0.15) is 8.42 Å². The largest absolute Gasteiger partial charge is 0.543 e. The molecule has 0 saturated heterocycles. The lowest BCUT2D eigenvalue weighted by Crippen LogP contribution is -2.43. The van der Waals surface area contributed by atoms with Gasteiger partial charge < -0.3 is 47.1 Å². The Morgan fingerprint density at radius 3 is 1.94 bits per heavy atom. The molecule has 11 rings (SSSR count). The minimum atomic E-state index is -4.38. The molecule has 0 saturated carbocycles. The molecule has 0 bridgehead atoms. The number of hydrogen-bond acceptors (Lipinski definition) is 16. The van der Waals surface area contributed by atoms with E-state index in [2.05, 4.69) is 43.8 Å². The molecule has 510 valence electrons. The second-order valence-corrected chi connectivity index (χ2v) is 31.8. The first kappa shape index (κ1) is 70.2. The highest BCUT2D eigenvalue weighted by Crippen LogP contribution is 2.49. The Hall–Kier alpha value is -10.1. The third-order valence-electron chi connectivity index (χ3n) is 17.5. The van der Waals surface area contributed by atoms with Gasteiger partial charge >= 0.3 is 5.97 Å². The summed E-state index contributed by atoms with van der Waals surface area (Å²) >= 11 is 7.54. The van der Waals surface area contributed by atoms with Crippen molar-refractivity contribution in [3.8, 4) is 74.2 Å². The zero-order valence-corrected chi connectivity index (χ0v) is 58.9. The molecule has 11 aromatic rings. The molecule has 99 heavy (non-hydrogen) atoms. The van der Waals surface area contributed by atoms with Crippen LogP contribution in [-0.2, 0) is 42.5 Å². The van der Waals surface area contributed by atoms with E-state index in [1.807, 2.05) is 110 Å². The predicted molar refractivity (Wildman–Crippen MR) is 380 cm³/mol. The van der Waals surface area contributed by atoms with Crippen LogP contribution in [0.1, 0.15) is 59.8 Å². The number of furan rings is 1. The Morgan fingerprint density at radius 2 is 1.29 bits per heavy atom. The van der Waals surface area contributed by atoms with Gasteiger partial charge in [-0.3, -0.25) is 4.18 Å². The summed E-state index contributed by atoms with van der Waals surface area (Å²) in [6, 6.07) is 56.0. The Labute approximate surface area is 581 Å². The topological polar surface area (TPSA) is 206 Å². The van der Waals surface area contributed by atoms with Crippen molar-refractivity contribution in [2.24, 2.45) is 0 Å². The lowest BCUT2D eigenvalue weighted by molar-refractivity contribution is -0.145. The highest BCUT2D eigenvalue weighted by Gasteiger charge is 2.41. The molecule has 2 atom stereocenters. The number of pyridine rings is 1. The maximum Gasteiger partial charge on any atom is 0.345 e. The molecule has 0 aliphatic heterocycles. The van der Waals surface area contributed by atoms with Crippen LogP contribution in [0.3, 0.4) is 0 Å². The number of halogens is 2. The second kappa shape index (κ2) is 29.9. The minimum Gasteiger partial charge on any atom is -0.543 e. The Bertz CT molecular complexity index is 4720. The van der Waals surface area contributed by atoms with Gasteiger partial charge in [0.15, 0.2) is 5.82 Å². The van der Waals surface area contributed by atoms with Crippen LogP contribution in [0, 0.1) is 19.7 Å². The van der Waals surface area contributed by atoms with Gasteiger partial charge in [-0.1, -0.05) is 123 Å². The monoisotopic (exact) mass is 1390 g/mol. The average molecular weight is 1390 g/mol. The minimum absolute atomic E-state index is 0.0158. The van der Waals surface area contributed by atoms with Crippen molar-refractivity contribution in [3.63, 3.8) is 0 Å². The molecule has 0 amide bonds. The van der Waals surface area contributed by atoms with Gasteiger partial charge in [-0.05, 0) is 163 Å². The number of nitrogens with zero attached hydrogens (tertiary/aromatic N) is 3. The van der Waals surface area contributed by atoms with Crippen molar-refractivity contribution in [3.05, 3.63) is 256 Å². The molecule has 0 spiro atoms. The molecule has 8 aromatic carbocycles. The van der Waals surface area contributed by atoms with Gasteiger partial charge in [-0.25, -0.2) is 24.1 Å². The summed E-state index contributed by atoms with van der Waals surface area (Å²) < 4.78 is 106. The molecule has 21 heteroatoms. The predicted octanol–water partition coefficient (Wildman–Crippen LogP) is 17.3. The number of methoxy groups -OCH3 is 3. The number of carboxylic acid groups (broad SMARTS) is 1. The maximum atomic E-state index is 14.8. The molecule has 0 aliphatic carbocycles. The van der Waals surface area contributed by atoms with E-state index in [1.54, 1.807) is 101 Å². The van der Waals surface area contributed by atoms with E-state index < -0.39 is 54.6 Å². The fourth-order valence-corrected chi connectivity index (χ4v) is 13.4. The lowest BCUT2D eigenvalue weighted by atomic mass is 9.80. The SMILES string of the molecule is COc1ccc(C(OC[C@H](COS(=O)(=O)c2ccc(C)cc2)Oc2ccc(-c3c(-c4ccc(F)cc4)oc4ccnc(O[C@H](Cc5cc(O[Si](C)(C)C(C)(C)C)ccc5OCc5ccnc(-c6ccccc6OC)n5)C(=O)O)c34)c(C)c2Cl)(c2ccccc2)c2ccc(OC)cc2)cc1. The van der Waals surface area contributed by atoms with Gasteiger partial charge in [0.05, 0.1) is 54.5 Å². The smallest absolute Gasteiger partial charge is 0.345 e. The van der Waals surface area contributed by atoms with Crippen LogP contribution in [-0.4, -0.2) is 89.5 Å². The molecule has 3 aromatic heterocycles. The van der Waals surface area contributed by atoms with Gasteiger partial charge in [0.25, 0.3) is 10.1 Å². The number of aliphatic carboxylic acids is 1. The van der Waals surface area contributed by atoms with E-state index >= 15 is 0 Å². The van der Waals surface area contributed by atoms with E-state index in [1.165, 1.54) is 30.5 Å². The zero-order valence-electron chi connectivity index (χ0n) is 56.4. The summed E-state index contributed by atoms with van der Waals surface area (Å²) in [5, 5.41) is 11.4. The van der Waals surface area contributed by atoms with E-state index in [-0.39, 0.29) is 62.9 Å². The summed E-state index contributed by atoms with van der Waals surface area (Å²) in [5.74, 6) is 1.58. The van der Waals surface area contributed by atoms with Gasteiger partial charge in [0.2, 0.25) is 20.3 Å². The quantitative estimate of drug-likeness (QED) is 0.0275. The fraction of sp³-hybridized carbons (Fsp3) is 0.231. The van der Waals surface area contributed by atoms with Crippen molar-refractivity contribution in [1.29, 1.82) is 0 Å². The lowest BCUT2D eigenvalue weighted by Gasteiger charge is -2.37. The van der Waals surface area contributed by atoms with Crippen LogP contribution < -0.4 is 32.8 Å². The maximum absolute atomic E-state index is 14.8. The number of ether oxygens (including phenoxy) is 7. The van der Waals surface area contributed by atoms with Crippen LogP contribution >= 0.6 is 11.6 Å². The number of carboxylic acids is 1. The molecule has 0 radical (unpaired) electrons. The number of hydrogen-bond donors (Lipinski definition) is 1. The first-order valence-electron chi connectivity index (χ1n) is 31.9. The molecule has 17 nitrogen and oxygen atoms in total. The third-order valence-corrected chi connectivity index (χ3v) is 23.7. The Balaban J connectivity index is 0.976. The molecule has 0 fully saturated rings. The van der Waals surface area contributed by atoms with E-state index in [9.17, 15) is 22.7 Å².